The van der Waals surface area contributed by atoms with E-state index < -0.39 is 0 Å². The topological polar surface area (TPSA) is 9.23 Å². The van der Waals surface area contributed by atoms with Gasteiger partial charge in [0.1, 0.15) is 5.75 Å². The normalized spacial score (nSPS) is 10.7. The molecule has 0 atom stereocenters. The Labute approximate surface area is 146 Å². The van der Waals surface area contributed by atoms with Gasteiger partial charge in [0.05, 0.1) is 11.7 Å². The Hall–Kier alpha value is -1.84. The van der Waals surface area contributed by atoms with E-state index in [0.717, 1.165) is 5.75 Å². The van der Waals surface area contributed by atoms with Crippen LogP contribution >= 0.6 is 23.5 Å². The molecule has 3 heteroatoms. The van der Waals surface area contributed by atoms with Crippen LogP contribution < -0.4 is 4.74 Å². The number of hydrogen-bond donors (Lipinski definition) is 0. The van der Waals surface area contributed by atoms with Gasteiger partial charge in [-0.1, -0.05) is 48.5 Å². The minimum absolute atomic E-state index is 0.297. The van der Waals surface area contributed by atoms with Crippen LogP contribution in [0, 0.1) is 0 Å². The molecule has 0 aliphatic carbocycles. The summed E-state index contributed by atoms with van der Waals surface area (Å²) in [7, 11) is 1.70. The zero-order valence-corrected chi connectivity index (χ0v) is 14.5. The summed E-state index contributed by atoms with van der Waals surface area (Å²) in [6.45, 7) is 0. The minimum Gasteiger partial charge on any atom is -0.497 e. The van der Waals surface area contributed by atoms with Gasteiger partial charge in [-0.25, -0.2) is 0 Å². The standard InChI is InChI=1S/C20H18OS2/c1-21-17-14-12-16(13-15-17)20(22-18-8-4-2-5-9-18)23-19-10-6-3-7-11-19/h2-15,20H,1H3. The molecule has 0 unspecified atom stereocenters. The van der Waals surface area contributed by atoms with Gasteiger partial charge in [-0.05, 0) is 42.0 Å². The highest BCUT2D eigenvalue weighted by Gasteiger charge is 2.15. The average molecular weight is 338 g/mol. The minimum atomic E-state index is 0.297. The van der Waals surface area contributed by atoms with Crippen LogP contribution in [0.4, 0.5) is 0 Å². The van der Waals surface area contributed by atoms with E-state index in [4.69, 9.17) is 4.74 Å². The highest BCUT2D eigenvalue weighted by atomic mass is 32.2. The molecule has 0 aliphatic rings. The van der Waals surface area contributed by atoms with Gasteiger partial charge >= 0.3 is 0 Å². The summed E-state index contributed by atoms with van der Waals surface area (Å²) < 4.78 is 5.57. The van der Waals surface area contributed by atoms with E-state index in [2.05, 4.69) is 72.8 Å². The second kappa shape index (κ2) is 8.14. The zero-order chi connectivity index (χ0) is 15.9. The third-order valence-electron chi connectivity index (χ3n) is 3.36. The van der Waals surface area contributed by atoms with Crippen molar-refractivity contribution >= 4 is 23.5 Å². The summed E-state index contributed by atoms with van der Waals surface area (Å²) in [5.74, 6) is 0.891. The molecule has 0 saturated carbocycles. The van der Waals surface area contributed by atoms with Crippen molar-refractivity contribution in [1.29, 1.82) is 0 Å². The van der Waals surface area contributed by atoms with Crippen LogP contribution in [0.2, 0.25) is 0 Å². The van der Waals surface area contributed by atoms with Crippen molar-refractivity contribution in [2.24, 2.45) is 0 Å². The lowest BCUT2D eigenvalue weighted by molar-refractivity contribution is 0.414. The number of benzene rings is 3. The molecule has 0 radical (unpaired) electrons. The van der Waals surface area contributed by atoms with E-state index in [1.54, 1.807) is 7.11 Å². The molecule has 1 nitrogen and oxygen atoms in total. The largest absolute Gasteiger partial charge is 0.497 e. The van der Waals surface area contributed by atoms with E-state index in [-0.39, 0.29) is 0 Å². The molecular weight excluding hydrogens is 320 g/mol. The summed E-state index contributed by atoms with van der Waals surface area (Å²) in [5.41, 5.74) is 1.29. The van der Waals surface area contributed by atoms with Crippen molar-refractivity contribution < 1.29 is 4.74 Å². The Bertz CT molecular complexity index is 670. The summed E-state index contributed by atoms with van der Waals surface area (Å²) in [6.07, 6.45) is 0. The summed E-state index contributed by atoms with van der Waals surface area (Å²) in [6, 6.07) is 29.4. The Morgan fingerprint density at radius 3 is 1.57 bits per heavy atom. The zero-order valence-electron chi connectivity index (χ0n) is 12.9. The molecule has 0 aromatic heterocycles. The molecule has 116 valence electrons. The molecule has 3 aromatic rings. The molecular formula is C20H18OS2. The summed E-state index contributed by atoms with van der Waals surface area (Å²) in [4.78, 5) is 2.55. The number of ether oxygens (including phenoxy) is 1. The molecule has 23 heavy (non-hydrogen) atoms. The van der Waals surface area contributed by atoms with Crippen molar-refractivity contribution in [2.45, 2.75) is 14.4 Å². The van der Waals surface area contributed by atoms with Crippen molar-refractivity contribution in [2.75, 3.05) is 7.11 Å². The average Bonchev–Trinajstić information content (AvgIpc) is 2.63. The molecule has 0 aliphatic heterocycles. The van der Waals surface area contributed by atoms with Crippen molar-refractivity contribution in [3.05, 3.63) is 90.5 Å². The number of thioether (sulfide) groups is 2. The highest BCUT2D eigenvalue weighted by Crippen LogP contribution is 2.47. The second-order valence-corrected chi connectivity index (χ2v) is 7.62. The Morgan fingerprint density at radius 1 is 0.652 bits per heavy atom. The maximum atomic E-state index is 5.27. The number of rotatable bonds is 6. The van der Waals surface area contributed by atoms with Crippen LogP contribution in [0.5, 0.6) is 5.75 Å². The van der Waals surface area contributed by atoms with Gasteiger partial charge in [0, 0.05) is 9.79 Å². The molecule has 3 rings (SSSR count). The van der Waals surface area contributed by atoms with E-state index >= 15 is 0 Å². The van der Waals surface area contributed by atoms with Crippen molar-refractivity contribution in [3.63, 3.8) is 0 Å². The van der Waals surface area contributed by atoms with E-state index in [9.17, 15) is 0 Å². The molecule has 0 fully saturated rings. The third kappa shape index (κ3) is 4.57. The Morgan fingerprint density at radius 2 is 1.13 bits per heavy atom. The molecule has 0 spiro atoms. The molecule has 0 heterocycles. The van der Waals surface area contributed by atoms with Gasteiger partial charge in [0.15, 0.2) is 0 Å². The third-order valence-corrected chi connectivity index (χ3v) is 6.00. The maximum Gasteiger partial charge on any atom is 0.118 e. The van der Waals surface area contributed by atoms with Crippen LogP contribution in [0.1, 0.15) is 10.1 Å². The fourth-order valence-corrected chi connectivity index (χ4v) is 4.73. The van der Waals surface area contributed by atoms with Gasteiger partial charge in [-0.15, -0.1) is 23.5 Å². The predicted octanol–water partition coefficient (Wildman–Crippen LogP) is 6.28. The van der Waals surface area contributed by atoms with Gasteiger partial charge in [-0.2, -0.15) is 0 Å². The molecule has 0 bridgehead atoms. The van der Waals surface area contributed by atoms with Crippen LogP contribution in [-0.2, 0) is 0 Å². The first-order chi connectivity index (χ1) is 11.3. The van der Waals surface area contributed by atoms with Crippen LogP contribution in [0.25, 0.3) is 0 Å². The quantitative estimate of drug-likeness (QED) is 0.387. The van der Waals surface area contributed by atoms with E-state index in [0.29, 0.717) is 4.58 Å². The van der Waals surface area contributed by atoms with Crippen molar-refractivity contribution in [3.8, 4) is 5.75 Å². The van der Waals surface area contributed by atoms with Gasteiger partial charge in [-0.3, -0.25) is 0 Å². The Kier molecular flexibility index (Phi) is 5.67. The van der Waals surface area contributed by atoms with E-state index in [1.165, 1.54) is 15.4 Å². The molecule has 3 aromatic carbocycles. The molecule has 0 N–H and O–H groups in total. The molecule has 0 amide bonds. The van der Waals surface area contributed by atoms with Gasteiger partial charge in [0.2, 0.25) is 0 Å². The fraction of sp³-hybridized carbons (Fsp3) is 0.100. The Balaban J connectivity index is 1.85. The highest BCUT2D eigenvalue weighted by molar-refractivity contribution is 8.16. The van der Waals surface area contributed by atoms with Gasteiger partial charge < -0.3 is 4.74 Å². The SMILES string of the molecule is COc1ccc(C(Sc2ccccc2)Sc2ccccc2)cc1. The molecule has 0 saturated heterocycles. The van der Waals surface area contributed by atoms with Crippen LogP contribution in [0.15, 0.2) is 94.7 Å². The summed E-state index contributed by atoms with van der Waals surface area (Å²) >= 11 is 3.74. The monoisotopic (exact) mass is 338 g/mol. The van der Waals surface area contributed by atoms with Gasteiger partial charge in [0.25, 0.3) is 0 Å². The first-order valence-electron chi connectivity index (χ1n) is 7.42. The predicted molar refractivity (Wildman–Crippen MR) is 100 cm³/mol. The lowest BCUT2D eigenvalue weighted by Crippen LogP contribution is -1.91. The fourth-order valence-electron chi connectivity index (χ4n) is 2.17. The second-order valence-electron chi connectivity index (χ2n) is 4.97. The lowest BCUT2D eigenvalue weighted by atomic mass is 10.2. The van der Waals surface area contributed by atoms with E-state index in [1.807, 2.05) is 35.7 Å². The first-order valence-corrected chi connectivity index (χ1v) is 9.18. The van der Waals surface area contributed by atoms with Crippen LogP contribution in [0.3, 0.4) is 0 Å². The lowest BCUT2D eigenvalue weighted by Gasteiger charge is -2.17. The number of methoxy groups -OCH3 is 1. The smallest absolute Gasteiger partial charge is 0.118 e. The number of hydrogen-bond acceptors (Lipinski definition) is 3. The maximum absolute atomic E-state index is 5.27. The van der Waals surface area contributed by atoms with Crippen molar-refractivity contribution in [1.82, 2.24) is 0 Å². The first kappa shape index (κ1) is 16.0. The summed E-state index contributed by atoms with van der Waals surface area (Å²) in [5, 5.41) is 0. The van der Waals surface area contributed by atoms with Crippen LogP contribution in [-0.4, -0.2) is 7.11 Å².